The van der Waals surface area contributed by atoms with Crippen LogP contribution in [0.15, 0.2) is 29.3 Å². The van der Waals surface area contributed by atoms with E-state index in [1.807, 2.05) is 12.1 Å². The minimum absolute atomic E-state index is 0.410. The molecule has 1 saturated carbocycles. The molecule has 1 fully saturated rings. The van der Waals surface area contributed by atoms with Crippen molar-refractivity contribution in [3.63, 3.8) is 0 Å². The van der Waals surface area contributed by atoms with E-state index in [0.717, 1.165) is 24.8 Å². The number of isocyanates is 1. The van der Waals surface area contributed by atoms with Crippen LogP contribution in [0.25, 0.3) is 0 Å². The van der Waals surface area contributed by atoms with Gasteiger partial charge in [-0.3, -0.25) is 0 Å². The highest BCUT2D eigenvalue weighted by molar-refractivity contribution is 5.40. The lowest BCUT2D eigenvalue weighted by Crippen LogP contribution is -2.31. The fourth-order valence-electron chi connectivity index (χ4n) is 2.01. The summed E-state index contributed by atoms with van der Waals surface area (Å²) < 4.78 is 12.5. The summed E-state index contributed by atoms with van der Waals surface area (Å²) in [5, 5.41) is 0. The van der Waals surface area contributed by atoms with Gasteiger partial charge in [0, 0.05) is 0 Å². The third-order valence-corrected chi connectivity index (χ3v) is 3.06. The molecule has 78 valence electrons. The highest BCUT2D eigenvalue weighted by atomic mass is 19.1. The Balaban J connectivity index is 2.38. The van der Waals surface area contributed by atoms with Crippen molar-refractivity contribution in [1.29, 1.82) is 0 Å². The molecule has 1 aliphatic carbocycles. The Bertz CT molecular complexity index is 406. The van der Waals surface area contributed by atoms with Crippen LogP contribution in [-0.2, 0) is 17.0 Å². The predicted octanol–water partition coefficient (Wildman–Crippen LogP) is 2.87. The fraction of sp³-hybridized carbons (Fsp3) is 0.417. The second kappa shape index (κ2) is 3.95. The Hall–Kier alpha value is -1.47. The normalized spacial score (nSPS) is 17.7. The summed E-state index contributed by atoms with van der Waals surface area (Å²) >= 11 is 0. The van der Waals surface area contributed by atoms with Crippen LogP contribution in [-0.4, -0.2) is 6.08 Å². The Morgan fingerprint density at radius 2 is 2.27 bits per heavy atom. The molecule has 0 aromatic heterocycles. The molecule has 0 bridgehead atoms. The number of rotatable bonds is 3. The summed E-state index contributed by atoms with van der Waals surface area (Å²) in [6, 6.07) is 7.24. The first-order valence-corrected chi connectivity index (χ1v) is 5.05. The topological polar surface area (TPSA) is 29.4 Å². The zero-order valence-electron chi connectivity index (χ0n) is 8.37. The molecular weight excluding hydrogens is 193 g/mol. The summed E-state index contributed by atoms with van der Waals surface area (Å²) in [6.07, 6.45) is 4.41. The molecule has 0 saturated heterocycles. The van der Waals surface area contributed by atoms with Crippen LogP contribution in [0.4, 0.5) is 4.39 Å². The number of aliphatic imine (C=N–C) groups is 1. The molecule has 1 aromatic rings. The van der Waals surface area contributed by atoms with E-state index in [-0.39, 0.29) is 0 Å². The summed E-state index contributed by atoms with van der Waals surface area (Å²) in [5.74, 6) is 0. The van der Waals surface area contributed by atoms with Crippen molar-refractivity contribution in [3.8, 4) is 0 Å². The molecular formula is C12H12FNO. The molecule has 3 heteroatoms. The van der Waals surface area contributed by atoms with Gasteiger partial charge in [-0.1, -0.05) is 24.3 Å². The maximum Gasteiger partial charge on any atom is 0.235 e. The molecule has 0 aliphatic heterocycles. The molecule has 0 N–H and O–H groups in total. The van der Waals surface area contributed by atoms with E-state index >= 15 is 0 Å². The van der Waals surface area contributed by atoms with Crippen LogP contribution < -0.4 is 0 Å². The Morgan fingerprint density at radius 3 is 2.80 bits per heavy atom. The fourth-order valence-corrected chi connectivity index (χ4v) is 2.01. The van der Waals surface area contributed by atoms with Gasteiger partial charge in [0.15, 0.2) is 0 Å². The molecule has 2 nitrogen and oxygen atoms in total. The van der Waals surface area contributed by atoms with Crippen LogP contribution in [0.1, 0.15) is 30.4 Å². The summed E-state index contributed by atoms with van der Waals surface area (Å²) in [6.45, 7) is -0.477. The monoisotopic (exact) mass is 205 g/mol. The minimum atomic E-state index is -0.477. The number of nitrogens with zero attached hydrogens (tertiary/aromatic N) is 1. The second-order valence-corrected chi connectivity index (χ2v) is 3.92. The Kier molecular flexibility index (Phi) is 2.65. The van der Waals surface area contributed by atoms with Gasteiger partial charge in [0.2, 0.25) is 6.08 Å². The molecule has 0 radical (unpaired) electrons. The molecule has 1 aliphatic rings. The van der Waals surface area contributed by atoms with Crippen LogP contribution in [0, 0.1) is 0 Å². The first-order valence-electron chi connectivity index (χ1n) is 5.05. The third kappa shape index (κ3) is 1.71. The number of hydrogen-bond donors (Lipinski definition) is 0. The van der Waals surface area contributed by atoms with E-state index in [1.165, 1.54) is 0 Å². The van der Waals surface area contributed by atoms with Gasteiger partial charge in [0.05, 0.1) is 5.54 Å². The van der Waals surface area contributed by atoms with E-state index < -0.39 is 12.2 Å². The minimum Gasteiger partial charge on any atom is -0.246 e. The standard InChI is InChI=1S/C12H12FNO/c13-8-10-3-1-4-11(7-10)12(14-9-15)5-2-6-12/h1,3-4,7H,2,5-6,8H2. The molecule has 0 amide bonds. The van der Waals surface area contributed by atoms with Crippen molar-refractivity contribution < 1.29 is 9.18 Å². The number of hydrogen-bond acceptors (Lipinski definition) is 2. The summed E-state index contributed by atoms with van der Waals surface area (Å²) in [4.78, 5) is 14.3. The largest absolute Gasteiger partial charge is 0.246 e. The van der Waals surface area contributed by atoms with Gasteiger partial charge in [0.1, 0.15) is 6.67 Å². The van der Waals surface area contributed by atoms with Crippen LogP contribution in [0.2, 0.25) is 0 Å². The Labute approximate surface area is 87.8 Å². The van der Waals surface area contributed by atoms with Gasteiger partial charge in [-0.15, -0.1) is 0 Å². The zero-order chi connectivity index (χ0) is 10.7. The average molecular weight is 205 g/mol. The maximum atomic E-state index is 12.5. The van der Waals surface area contributed by atoms with Gasteiger partial charge in [0.25, 0.3) is 0 Å². The number of carbonyl (C=O) groups excluding carboxylic acids is 1. The van der Waals surface area contributed by atoms with E-state index in [4.69, 9.17) is 0 Å². The van der Waals surface area contributed by atoms with Gasteiger partial charge in [-0.25, -0.2) is 9.18 Å². The molecule has 2 rings (SSSR count). The van der Waals surface area contributed by atoms with Crippen LogP contribution >= 0.6 is 0 Å². The quantitative estimate of drug-likeness (QED) is 0.551. The predicted molar refractivity (Wildman–Crippen MR) is 54.9 cm³/mol. The lowest BCUT2D eigenvalue weighted by Gasteiger charge is -2.37. The third-order valence-electron chi connectivity index (χ3n) is 3.06. The van der Waals surface area contributed by atoms with Crippen molar-refractivity contribution in [2.24, 2.45) is 4.99 Å². The molecule has 0 heterocycles. The van der Waals surface area contributed by atoms with Crippen molar-refractivity contribution in [2.45, 2.75) is 31.5 Å². The molecule has 0 unspecified atom stereocenters. The molecule has 0 atom stereocenters. The van der Waals surface area contributed by atoms with Crippen molar-refractivity contribution in [2.75, 3.05) is 0 Å². The lowest BCUT2D eigenvalue weighted by atomic mass is 9.72. The maximum absolute atomic E-state index is 12.5. The van der Waals surface area contributed by atoms with Gasteiger partial charge < -0.3 is 0 Å². The lowest BCUT2D eigenvalue weighted by molar-refractivity contribution is 0.255. The van der Waals surface area contributed by atoms with Gasteiger partial charge >= 0.3 is 0 Å². The zero-order valence-corrected chi connectivity index (χ0v) is 8.37. The van der Waals surface area contributed by atoms with Crippen molar-refractivity contribution in [3.05, 3.63) is 35.4 Å². The Morgan fingerprint density at radius 1 is 1.47 bits per heavy atom. The van der Waals surface area contributed by atoms with Gasteiger partial charge in [-0.2, -0.15) is 4.99 Å². The van der Waals surface area contributed by atoms with Crippen molar-refractivity contribution in [1.82, 2.24) is 0 Å². The first-order chi connectivity index (χ1) is 7.30. The first kappa shape index (κ1) is 10.1. The summed E-state index contributed by atoms with van der Waals surface area (Å²) in [7, 11) is 0. The average Bonchev–Trinajstić information content (AvgIpc) is 2.23. The van der Waals surface area contributed by atoms with E-state index in [1.54, 1.807) is 18.2 Å². The van der Waals surface area contributed by atoms with E-state index in [9.17, 15) is 9.18 Å². The van der Waals surface area contributed by atoms with Crippen molar-refractivity contribution >= 4 is 6.08 Å². The number of alkyl halides is 1. The second-order valence-electron chi connectivity index (χ2n) is 3.92. The number of benzene rings is 1. The molecule has 0 spiro atoms. The SMILES string of the molecule is O=C=NC1(c2cccc(CF)c2)CCC1. The van der Waals surface area contributed by atoms with E-state index in [2.05, 4.69) is 4.99 Å². The summed E-state index contributed by atoms with van der Waals surface area (Å²) in [5.41, 5.74) is 1.17. The van der Waals surface area contributed by atoms with Crippen LogP contribution in [0.3, 0.4) is 0 Å². The molecule has 15 heavy (non-hydrogen) atoms. The highest BCUT2D eigenvalue weighted by Crippen LogP contribution is 2.44. The van der Waals surface area contributed by atoms with E-state index in [0.29, 0.717) is 5.56 Å². The highest BCUT2D eigenvalue weighted by Gasteiger charge is 2.38. The molecule has 1 aromatic carbocycles. The number of halogens is 1. The smallest absolute Gasteiger partial charge is 0.235 e. The van der Waals surface area contributed by atoms with Gasteiger partial charge in [-0.05, 0) is 30.4 Å². The van der Waals surface area contributed by atoms with Crippen LogP contribution in [0.5, 0.6) is 0 Å².